The highest BCUT2D eigenvalue weighted by molar-refractivity contribution is 7.89. The molecule has 0 aromatic heterocycles. The zero-order valence-electron chi connectivity index (χ0n) is 11.5. The molecule has 2 aromatic rings. The Hall–Kier alpha value is -2.05. The number of sulfonamides is 1. The van der Waals surface area contributed by atoms with Crippen LogP contribution in [0.25, 0.3) is 0 Å². The van der Waals surface area contributed by atoms with Gasteiger partial charge in [0.1, 0.15) is 0 Å². The third-order valence-corrected chi connectivity index (χ3v) is 4.64. The predicted molar refractivity (Wildman–Crippen MR) is 84.0 cm³/mol. The molecule has 1 aliphatic heterocycles. The third-order valence-electron chi connectivity index (χ3n) is 3.73. The van der Waals surface area contributed by atoms with Gasteiger partial charge in [0, 0.05) is 12.2 Å². The number of rotatable bonds is 2. The lowest BCUT2D eigenvalue weighted by Crippen LogP contribution is -2.25. The van der Waals surface area contributed by atoms with E-state index >= 15 is 0 Å². The van der Waals surface area contributed by atoms with Crippen LogP contribution in [0.1, 0.15) is 12.0 Å². The van der Waals surface area contributed by atoms with E-state index in [2.05, 4.69) is 17.0 Å². The van der Waals surface area contributed by atoms with Gasteiger partial charge in [-0.05, 0) is 42.7 Å². The summed E-state index contributed by atoms with van der Waals surface area (Å²) in [5.41, 5.74) is 9.67. The molecule has 3 rings (SSSR count). The zero-order valence-corrected chi connectivity index (χ0v) is 12.3. The largest absolute Gasteiger partial charge is 0.397 e. The molecule has 21 heavy (non-hydrogen) atoms. The van der Waals surface area contributed by atoms with Crippen LogP contribution in [0.15, 0.2) is 47.4 Å². The van der Waals surface area contributed by atoms with E-state index in [-0.39, 0.29) is 4.90 Å². The molecule has 0 spiro atoms. The van der Waals surface area contributed by atoms with Gasteiger partial charge in [0.15, 0.2) is 0 Å². The van der Waals surface area contributed by atoms with Gasteiger partial charge < -0.3 is 10.6 Å². The molecule has 6 heteroatoms. The van der Waals surface area contributed by atoms with Gasteiger partial charge in [0.05, 0.1) is 16.3 Å². The normalized spacial score (nSPS) is 14.8. The molecular formula is C15H17N3O2S. The van der Waals surface area contributed by atoms with Gasteiger partial charge in [0.2, 0.25) is 10.0 Å². The van der Waals surface area contributed by atoms with Gasteiger partial charge in [-0.15, -0.1) is 0 Å². The Kier molecular flexibility index (Phi) is 3.35. The molecule has 0 atom stereocenters. The van der Waals surface area contributed by atoms with Gasteiger partial charge in [0.25, 0.3) is 0 Å². The van der Waals surface area contributed by atoms with Crippen LogP contribution in [-0.4, -0.2) is 15.0 Å². The van der Waals surface area contributed by atoms with E-state index in [0.717, 1.165) is 30.8 Å². The molecule has 0 bridgehead atoms. The molecule has 0 radical (unpaired) electrons. The highest BCUT2D eigenvalue weighted by atomic mass is 32.2. The Labute approximate surface area is 124 Å². The number of hydrogen-bond donors (Lipinski definition) is 2. The van der Waals surface area contributed by atoms with Crippen molar-refractivity contribution in [1.29, 1.82) is 0 Å². The fraction of sp³-hybridized carbons (Fsp3) is 0.200. The van der Waals surface area contributed by atoms with Crippen molar-refractivity contribution in [2.24, 2.45) is 5.14 Å². The zero-order chi connectivity index (χ0) is 15.0. The van der Waals surface area contributed by atoms with Gasteiger partial charge in [-0.2, -0.15) is 0 Å². The first-order valence-electron chi connectivity index (χ1n) is 6.74. The summed E-state index contributed by atoms with van der Waals surface area (Å²) >= 11 is 0. The Bertz CT molecular complexity index is 787. The number of para-hydroxylation sites is 1. The Morgan fingerprint density at radius 1 is 1.05 bits per heavy atom. The first-order valence-corrected chi connectivity index (χ1v) is 8.29. The van der Waals surface area contributed by atoms with E-state index in [1.165, 1.54) is 17.7 Å². The number of aryl methyl sites for hydroxylation is 1. The predicted octanol–water partition coefficient (Wildman–Crippen LogP) is 2.00. The lowest BCUT2D eigenvalue weighted by molar-refractivity contribution is 0.598. The minimum Gasteiger partial charge on any atom is -0.397 e. The number of anilines is 3. The van der Waals surface area contributed by atoms with E-state index in [4.69, 9.17) is 10.9 Å². The van der Waals surface area contributed by atoms with Crippen LogP contribution in [0.5, 0.6) is 0 Å². The Morgan fingerprint density at radius 2 is 1.81 bits per heavy atom. The number of nitrogens with zero attached hydrogens (tertiary/aromatic N) is 1. The maximum atomic E-state index is 11.4. The van der Waals surface area contributed by atoms with E-state index < -0.39 is 10.0 Å². The van der Waals surface area contributed by atoms with Crippen LogP contribution in [0.3, 0.4) is 0 Å². The van der Waals surface area contributed by atoms with Gasteiger partial charge >= 0.3 is 0 Å². The standard InChI is InChI=1S/C15H17N3O2S/c16-13-10-12(21(17,19)20)7-8-15(13)18-9-3-5-11-4-1-2-6-14(11)18/h1-2,4,6-8,10H,3,5,9,16H2,(H2,17,19,20). The average molecular weight is 303 g/mol. The van der Waals surface area contributed by atoms with Gasteiger partial charge in [-0.3, -0.25) is 0 Å². The maximum absolute atomic E-state index is 11.4. The van der Waals surface area contributed by atoms with Crippen LogP contribution in [-0.2, 0) is 16.4 Å². The quantitative estimate of drug-likeness (QED) is 0.830. The van der Waals surface area contributed by atoms with E-state index in [1.807, 2.05) is 12.1 Å². The first-order chi connectivity index (χ1) is 9.97. The van der Waals surface area contributed by atoms with Crippen molar-refractivity contribution in [3.63, 3.8) is 0 Å². The van der Waals surface area contributed by atoms with E-state index in [0.29, 0.717) is 5.69 Å². The van der Waals surface area contributed by atoms with Crippen LogP contribution >= 0.6 is 0 Å². The summed E-state index contributed by atoms with van der Waals surface area (Å²) in [6.45, 7) is 0.857. The molecule has 5 nitrogen and oxygen atoms in total. The Balaban J connectivity index is 2.07. The lowest BCUT2D eigenvalue weighted by atomic mass is 10.0. The number of nitrogen functional groups attached to an aromatic ring is 1. The highest BCUT2D eigenvalue weighted by Gasteiger charge is 2.20. The second-order valence-corrected chi connectivity index (χ2v) is 6.71. The van der Waals surface area contributed by atoms with Crippen molar-refractivity contribution in [2.45, 2.75) is 17.7 Å². The van der Waals surface area contributed by atoms with Crippen molar-refractivity contribution in [3.8, 4) is 0 Å². The second kappa shape index (κ2) is 5.05. The summed E-state index contributed by atoms with van der Waals surface area (Å²) < 4.78 is 22.8. The molecule has 0 fully saturated rings. The monoisotopic (exact) mass is 303 g/mol. The first kappa shape index (κ1) is 13.9. The average Bonchev–Trinajstić information content (AvgIpc) is 2.46. The van der Waals surface area contributed by atoms with Crippen molar-refractivity contribution in [1.82, 2.24) is 0 Å². The smallest absolute Gasteiger partial charge is 0.238 e. The molecule has 0 saturated carbocycles. The minimum absolute atomic E-state index is 0.0362. The topological polar surface area (TPSA) is 89.4 Å². The summed E-state index contributed by atoms with van der Waals surface area (Å²) in [5.74, 6) is 0. The molecular weight excluding hydrogens is 286 g/mol. The van der Waals surface area contributed by atoms with Crippen molar-refractivity contribution >= 4 is 27.1 Å². The van der Waals surface area contributed by atoms with Crippen LogP contribution in [0.2, 0.25) is 0 Å². The fourth-order valence-corrected chi connectivity index (χ4v) is 3.29. The molecule has 110 valence electrons. The van der Waals surface area contributed by atoms with Crippen molar-refractivity contribution in [3.05, 3.63) is 48.0 Å². The van der Waals surface area contributed by atoms with Crippen LogP contribution in [0.4, 0.5) is 17.1 Å². The molecule has 1 aliphatic rings. The summed E-state index contributed by atoms with van der Waals surface area (Å²) in [5, 5.41) is 5.13. The lowest BCUT2D eigenvalue weighted by Gasteiger charge is -2.32. The maximum Gasteiger partial charge on any atom is 0.238 e. The molecule has 2 aromatic carbocycles. The minimum atomic E-state index is -3.73. The third kappa shape index (κ3) is 2.59. The molecule has 0 saturated heterocycles. The number of benzene rings is 2. The van der Waals surface area contributed by atoms with Crippen molar-refractivity contribution in [2.75, 3.05) is 17.2 Å². The molecule has 0 amide bonds. The molecule has 4 N–H and O–H groups in total. The van der Waals surface area contributed by atoms with Gasteiger partial charge in [-0.1, -0.05) is 18.2 Å². The number of fused-ring (bicyclic) bond motifs is 1. The van der Waals surface area contributed by atoms with Crippen molar-refractivity contribution < 1.29 is 8.42 Å². The fourth-order valence-electron chi connectivity index (χ4n) is 2.74. The van der Waals surface area contributed by atoms with E-state index in [1.54, 1.807) is 6.07 Å². The second-order valence-electron chi connectivity index (χ2n) is 5.15. The molecule has 0 unspecified atom stereocenters. The molecule has 1 heterocycles. The van der Waals surface area contributed by atoms with Crippen LogP contribution in [0, 0.1) is 0 Å². The van der Waals surface area contributed by atoms with E-state index in [9.17, 15) is 8.42 Å². The highest BCUT2D eigenvalue weighted by Crippen LogP contribution is 2.36. The summed E-state index contributed by atoms with van der Waals surface area (Å²) in [4.78, 5) is 2.16. The summed E-state index contributed by atoms with van der Waals surface area (Å²) in [6.07, 6.45) is 2.08. The number of primary sulfonamides is 1. The van der Waals surface area contributed by atoms with Crippen LogP contribution < -0.4 is 15.8 Å². The Morgan fingerprint density at radius 3 is 2.52 bits per heavy atom. The number of hydrogen-bond acceptors (Lipinski definition) is 4. The summed E-state index contributed by atoms with van der Waals surface area (Å²) in [6, 6.07) is 12.8. The molecule has 0 aliphatic carbocycles. The summed E-state index contributed by atoms with van der Waals surface area (Å²) in [7, 11) is -3.73. The number of nitrogens with two attached hydrogens (primary N) is 2. The van der Waals surface area contributed by atoms with Gasteiger partial charge in [-0.25, -0.2) is 13.6 Å². The SMILES string of the molecule is Nc1cc(S(N)(=O)=O)ccc1N1CCCc2ccccc21.